The van der Waals surface area contributed by atoms with Crippen molar-refractivity contribution in [3.8, 4) is 0 Å². The molecule has 0 aliphatic heterocycles. The van der Waals surface area contributed by atoms with Crippen molar-refractivity contribution in [2.24, 2.45) is 0 Å². The number of carbonyl (C=O) groups is 4. The van der Waals surface area contributed by atoms with Crippen LogP contribution in [-0.4, -0.2) is 62.9 Å². The van der Waals surface area contributed by atoms with E-state index in [4.69, 9.17) is 10.2 Å². The van der Waals surface area contributed by atoms with Gasteiger partial charge in [0.05, 0.1) is 12.8 Å². The second-order valence-electron chi connectivity index (χ2n) is 10.1. The van der Waals surface area contributed by atoms with E-state index in [1.165, 1.54) is 57.8 Å². The predicted molar refractivity (Wildman–Crippen MR) is 143 cm³/mol. The third kappa shape index (κ3) is 15.3. The van der Waals surface area contributed by atoms with Gasteiger partial charge in [-0.2, -0.15) is 8.42 Å². The monoisotopic (exact) mass is 565 g/mol. The standard InChI is InChI=1S/C26H47NO10S/c1-2-3-4-5-6-7-8-9-10-11-12-13-14-15-16-17-18-26(25(33)34,38(35,36)37)20-22(28)27-21(24(31)32)19-23(29)30/h21H,2-20H2,1H3,(H,27,28)(H,29,30)(H,31,32)(H,33,34)(H,35,36,37). The van der Waals surface area contributed by atoms with Crippen LogP contribution in [0, 0.1) is 0 Å². The summed E-state index contributed by atoms with van der Waals surface area (Å²) in [5.74, 6) is -6.42. The number of carboxylic acids is 3. The van der Waals surface area contributed by atoms with Crippen molar-refractivity contribution in [1.29, 1.82) is 0 Å². The molecule has 1 amide bonds. The third-order valence-corrected chi connectivity index (χ3v) is 8.29. The van der Waals surface area contributed by atoms with Crippen molar-refractivity contribution in [3.63, 3.8) is 0 Å². The van der Waals surface area contributed by atoms with E-state index < -0.39 is 64.0 Å². The van der Waals surface area contributed by atoms with Gasteiger partial charge in [-0.25, -0.2) is 4.79 Å². The lowest BCUT2D eigenvalue weighted by atomic mass is 9.95. The van der Waals surface area contributed by atoms with Crippen LogP contribution in [0.4, 0.5) is 0 Å². The number of hydrogen-bond acceptors (Lipinski definition) is 6. The van der Waals surface area contributed by atoms with Gasteiger partial charge in [0.2, 0.25) is 10.7 Å². The van der Waals surface area contributed by atoms with Crippen LogP contribution >= 0.6 is 0 Å². The molecule has 0 spiro atoms. The number of carboxylic acid groups (broad SMARTS) is 3. The van der Waals surface area contributed by atoms with Gasteiger partial charge < -0.3 is 20.6 Å². The summed E-state index contributed by atoms with van der Waals surface area (Å²) in [6, 6.07) is -1.87. The fraction of sp³-hybridized carbons (Fsp3) is 0.846. The van der Waals surface area contributed by atoms with Gasteiger partial charge in [-0.15, -0.1) is 0 Å². The molecule has 0 aliphatic carbocycles. The van der Waals surface area contributed by atoms with Crippen LogP contribution < -0.4 is 5.32 Å². The van der Waals surface area contributed by atoms with Crippen molar-refractivity contribution >= 4 is 33.9 Å². The van der Waals surface area contributed by atoms with Crippen LogP contribution in [0.15, 0.2) is 0 Å². The van der Waals surface area contributed by atoms with E-state index in [9.17, 15) is 37.3 Å². The number of nitrogens with one attached hydrogen (secondary N) is 1. The van der Waals surface area contributed by atoms with E-state index in [1.54, 1.807) is 0 Å². The zero-order chi connectivity index (χ0) is 29.0. The molecule has 0 aromatic rings. The van der Waals surface area contributed by atoms with Crippen molar-refractivity contribution < 1.29 is 47.5 Å². The first-order chi connectivity index (χ1) is 17.9. The summed E-state index contributed by atoms with van der Waals surface area (Å²) in [6.45, 7) is 2.22. The molecule has 0 aromatic carbocycles. The average molecular weight is 566 g/mol. The zero-order valence-electron chi connectivity index (χ0n) is 22.7. The smallest absolute Gasteiger partial charge is 0.328 e. The molecule has 38 heavy (non-hydrogen) atoms. The van der Waals surface area contributed by atoms with Gasteiger partial charge in [-0.1, -0.05) is 110 Å². The summed E-state index contributed by atoms with van der Waals surface area (Å²) >= 11 is 0. The number of aliphatic carboxylic acids is 3. The topological polar surface area (TPSA) is 195 Å². The summed E-state index contributed by atoms with van der Waals surface area (Å²) in [4.78, 5) is 46.1. The molecule has 0 bridgehead atoms. The van der Waals surface area contributed by atoms with Crippen molar-refractivity contribution in [2.75, 3.05) is 0 Å². The molecule has 0 heterocycles. The summed E-state index contributed by atoms with van der Waals surface area (Å²) < 4.78 is 30.8. The quantitative estimate of drug-likeness (QED) is 0.0758. The van der Waals surface area contributed by atoms with Gasteiger partial charge in [0, 0.05) is 0 Å². The highest BCUT2D eigenvalue weighted by Gasteiger charge is 2.52. The Kier molecular flexibility index (Phi) is 18.6. The van der Waals surface area contributed by atoms with Gasteiger partial charge >= 0.3 is 17.9 Å². The van der Waals surface area contributed by atoms with Crippen LogP contribution in [0.3, 0.4) is 0 Å². The van der Waals surface area contributed by atoms with E-state index in [0.29, 0.717) is 6.42 Å². The summed E-state index contributed by atoms with van der Waals surface area (Å²) in [7, 11) is -5.24. The van der Waals surface area contributed by atoms with Crippen LogP contribution in [0.1, 0.15) is 129 Å². The van der Waals surface area contributed by atoms with E-state index in [0.717, 1.165) is 32.1 Å². The first-order valence-corrected chi connectivity index (χ1v) is 15.3. The average Bonchev–Trinajstić information content (AvgIpc) is 2.81. The van der Waals surface area contributed by atoms with Crippen molar-refractivity contribution in [1.82, 2.24) is 5.32 Å². The molecule has 2 atom stereocenters. The minimum Gasteiger partial charge on any atom is -0.481 e. The Morgan fingerprint density at radius 3 is 1.42 bits per heavy atom. The van der Waals surface area contributed by atoms with E-state index in [2.05, 4.69) is 6.92 Å². The predicted octanol–water partition coefficient (Wildman–Crippen LogP) is 4.78. The molecule has 0 saturated carbocycles. The van der Waals surface area contributed by atoms with Crippen molar-refractivity contribution in [3.05, 3.63) is 0 Å². The number of rotatable bonds is 25. The fourth-order valence-electron chi connectivity index (χ4n) is 4.44. The maximum absolute atomic E-state index is 12.3. The Bertz CT molecular complexity index is 830. The normalized spacial score (nSPS) is 13.9. The number of unbranched alkanes of at least 4 members (excludes halogenated alkanes) is 15. The molecular weight excluding hydrogens is 518 g/mol. The Morgan fingerprint density at radius 1 is 0.711 bits per heavy atom. The highest BCUT2D eigenvalue weighted by molar-refractivity contribution is 7.88. The minimum absolute atomic E-state index is 0.120. The fourth-order valence-corrected chi connectivity index (χ4v) is 5.38. The number of carbonyl (C=O) groups excluding carboxylic acids is 1. The summed E-state index contributed by atoms with van der Waals surface area (Å²) in [6.07, 6.45) is 14.4. The SMILES string of the molecule is CCCCCCCCCCCCCCCCCCC(CC(=O)NC(CC(=O)O)C(=O)O)(C(=O)O)S(=O)(=O)O. The molecule has 0 saturated heterocycles. The van der Waals surface area contributed by atoms with Crippen LogP contribution in [0.2, 0.25) is 0 Å². The van der Waals surface area contributed by atoms with Gasteiger partial charge in [-0.05, 0) is 6.42 Å². The van der Waals surface area contributed by atoms with Crippen LogP contribution in [0.5, 0.6) is 0 Å². The van der Waals surface area contributed by atoms with Crippen molar-refractivity contribution in [2.45, 2.75) is 140 Å². The van der Waals surface area contributed by atoms with Gasteiger partial charge in [0.15, 0.2) is 0 Å². The molecule has 222 valence electrons. The Morgan fingerprint density at radius 2 is 1.11 bits per heavy atom. The first kappa shape index (κ1) is 35.8. The number of hydrogen-bond donors (Lipinski definition) is 5. The Labute approximate surface area is 226 Å². The molecule has 0 rings (SSSR count). The molecule has 5 N–H and O–H groups in total. The second kappa shape index (κ2) is 19.8. The molecule has 0 aliphatic rings. The van der Waals surface area contributed by atoms with E-state index >= 15 is 0 Å². The molecular formula is C26H47NO10S. The third-order valence-electron chi connectivity index (χ3n) is 6.78. The van der Waals surface area contributed by atoms with Gasteiger partial charge in [0.1, 0.15) is 6.04 Å². The van der Waals surface area contributed by atoms with E-state index in [-0.39, 0.29) is 6.42 Å². The van der Waals surface area contributed by atoms with E-state index in [1.807, 2.05) is 5.32 Å². The van der Waals surface area contributed by atoms with Gasteiger partial charge in [-0.3, -0.25) is 18.9 Å². The number of amides is 1. The Hall–Kier alpha value is -2.21. The highest BCUT2D eigenvalue weighted by Crippen LogP contribution is 2.29. The van der Waals surface area contributed by atoms with Crippen LogP contribution in [-0.2, 0) is 29.3 Å². The molecule has 0 fully saturated rings. The largest absolute Gasteiger partial charge is 0.481 e. The molecule has 0 radical (unpaired) electrons. The lowest BCUT2D eigenvalue weighted by molar-refractivity contribution is -0.148. The maximum Gasteiger partial charge on any atom is 0.328 e. The first-order valence-electron chi connectivity index (χ1n) is 13.8. The van der Waals surface area contributed by atoms with Crippen LogP contribution in [0.25, 0.3) is 0 Å². The molecule has 0 aromatic heterocycles. The summed E-state index contributed by atoms with van der Waals surface area (Å²) in [5, 5.41) is 29.2. The maximum atomic E-state index is 12.3. The zero-order valence-corrected chi connectivity index (χ0v) is 23.5. The lowest BCUT2D eigenvalue weighted by Gasteiger charge is -2.26. The molecule has 2 unspecified atom stereocenters. The van der Waals surface area contributed by atoms with Gasteiger partial charge in [0.25, 0.3) is 10.1 Å². The minimum atomic E-state index is -5.24. The molecule has 12 heteroatoms. The highest BCUT2D eigenvalue weighted by atomic mass is 32.2. The Balaban J connectivity index is 4.43. The molecule has 11 nitrogen and oxygen atoms in total. The lowest BCUT2D eigenvalue weighted by Crippen LogP contribution is -2.52. The summed E-state index contributed by atoms with van der Waals surface area (Å²) in [5.41, 5.74) is 0. The second-order valence-corrected chi connectivity index (χ2v) is 11.8.